The van der Waals surface area contributed by atoms with E-state index in [2.05, 4.69) is 5.32 Å². The standard InChI is InChI=1S/C9H8ClNOS/c10-6-1-2-7-8(5-6)13-4-3-11-9(7)12/h1-2,5H,3-4H2,(H,11,12). The van der Waals surface area contributed by atoms with Crippen LogP contribution in [0.5, 0.6) is 0 Å². The van der Waals surface area contributed by atoms with Crippen LogP contribution >= 0.6 is 23.4 Å². The summed E-state index contributed by atoms with van der Waals surface area (Å²) in [6.45, 7) is 0.718. The summed E-state index contributed by atoms with van der Waals surface area (Å²) in [5.41, 5.74) is 0.729. The third kappa shape index (κ3) is 1.81. The maximum absolute atomic E-state index is 11.4. The molecule has 2 rings (SSSR count). The molecule has 0 saturated carbocycles. The largest absolute Gasteiger partial charge is 0.351 e. The Morgan fingerprint density at radius 2 is 2.31 bits per heavy atom. The van der Waals surface area contributed by atoms with Crippen LogP contribution in [0, 0.1) is 0 Å². The topological polar surface area (TPSA) is 29.1 Å². The Labute approximate surface area is 85.7 Å². The Kier molecular flexibility index (Phi) is 2.47. The molecule has 68 valence electrons. The molecular formula is C9H8ClNOS. The smallest absolute Gasteiger partial charge is 0.252 e. The molecule has 13 heavy (non-hydrogen) atoms. The molecular weight excluding hydrogens is 206 g/mol. The van der Waals surface area contributed by atoms with Gasteiger partial charge in [0.15, 0.2) is 0 Å². The number of thioether (sulfide) groups is 1. The molecule has 0 atom stereocenters. The molecule has 4 heteroatoms. The maximum atomic E-state index is 11.4. The Hall–Kier alpha value is -0.670. The van der Waals surface area contributed by atoms with Crippen molar-refractivity contribution in [2.24, 2.45) is 0 Å². The minimum atomic E-state index is -0.00309. The van der Waals surface area contributed by atoms with Crippen LogP contribution in [0.2, 0.25) is 5.02 Å². The van der Waals surface area contributed by atoms with Crippen LogP contribution in [0.1, 0.15) is 10.4 Å². The first-order valence-electron chi connectivity index (χ1n) is 3.98. The lowest BCUT2D eigenvalue weighted by molar-refractivity contribution is 0.0954. The van der Waals surface area contributed by atoms with Gasteiger partial charge in [-0.15, -0.1) is 11.8 Å². The highest BCUT2D eigenvalue weighted by atomic mass is 35.5. The Morgan fingerprint density at radius 3 is 3.15 bits per heavy atom. The molecule has 1 N–H and O–H groups in total. The van der Waals surface area contributed by atoms with E-state index in [1.54, 1.807) is 23.9 Å². The number of fused-ring (bicyclic) bond motifs is 1. The van der Waals surface area contributed by atoms with Crippen molar-refractivity contribution in [1.29, 1.82) is 0 Å². The zero-order chi connectivity index (χ0) is 9.26. The second-order valence-corrected chi connectivity index (χ2v) is 4.32. The van der Waals surface area contributed by atoms with E-state index < -0.39 is 0 Å². The lowest BCUT2D eigenvalue weighted by Gasteiger charge is -2.02. The van der Waals surface area contributed by atoms with Crippen LogP contribution in [0.4, 0.5) is 0 Å². The molecule has 0 unspecified atom stereocenters. The number of hydrogen-bond donors (Lipinski definition) is 1. The summed E-state index contributed by atoms with van der Waals surface area (Å²) in [6, 6.07) is 5.35. The molecule has 1 aromatic carbocycles. The van der Waals surface area contributed by atoms with Crippen LogP contribution in [-0.2, 0) is 0 Å². The first-order chi connectivity index (χ1) is 6.27. The third-order valence-corrected chi connectivity index (χ3v) is 3.13. The summed E-state index contributed by atoms with van der Waals surface area (Å²) in [4.78, 5) is 12.4. The molecule has 1 heterocycles. The van der Waals surface area contributed by atoms with Crippen LogP contribution in [0.25, 0.3) is 0 Å². The summed E-state index contributed by atoms with van der Waals surface area (Å²) in [5.74, 6) is 0.899. The fraction of sp³-hybridized carbons (Fsp3) is 0.222. The first-order valence-corrected chi connectivity index (χ1v) is 5.34. The van der Waals surface area contributed by atoms with Gasteiger partial charge in [0.2, 0.25) is 0 Å². The number of hydrogen-bond acceptors (Lipinski definition) is 2. The fourth-order valence-electron chi connectivity index (χ4n) is 1.22. The van der Waals surface area contributed by atoms with Gasteiger partial charge in [0.25, 0.3) is 5.91 Å². The lowest BCUT2D eigenvalue weighted by Crippen LogP contribution is -2.23. The second-order valence-electron chi connectivity index (χ2n) is 2.74. The normalized spacial score (nSPS) is 15.9. The number of nitrogens with one attached hydrogen (secondary N) is 1. The average Bonchev–Trinajstić information content (AvgIpc) is 2.28. The summed E-state index contributed by atoms with van der Waals surface area (Å²) in [6.07, 6.45) is 0. The van der Waals surface area contributed by atoms with Gasteiger partial charge in [0.1, 0.15) is 0 Å². The molecule has 1 amide bonds. The van der Waals surface area contributed by atoms with Gasteiger partial charge >= 0.3 is 0 Å². The van der Waals surface area contributed by atoms with Crippen molar-refractivity contribution in [3.8, 4) is 0 Å². The minimum absolute atomic E-state index is 0.00309. The number of rotatable bonds is 0. The zero-order valence-corrected chi connectivity index (χ0v) is 8.41. The first kappa shape index (κ1) is 8.91. The number of amides is 1. The minimum Gasteiger partial charge on any atom is -0.351 e. The Balaban J connectivity index is 2.48. The Bertz CT molecular complexity index is 353. The predicted molar refractivity (Wildman–Crippen MR) is 54.5 cm³/mol. The summed E-state index contributed by atoms with van der Waals surface area (Å²) >= 11 is 7.49. The van der Waals surface area contributed by atoms with E-state index in [0.717, 1.165) is 22.8 Å². The van der Waals surface area contributed by atoms with E-state index in [4.69, 9.17) is 11.6 Å². The molecule has 2 nitrogen and oxygen atoms in total. The zero-order valence-electron chi connectivity index (χ0n) is 6.84. The van der Waals surface area contributed by atoms with Gasteiger partial charge in [0.05, 0.1) is 5.56 Å². The van der Waals surface area contributed by atoms with Gasteiger partial charge in [-0.1, -0.05) is 11.6 Å². The SMILES string of the molecule is O=C1NCCSc2cc(Cl)ccc21. The van der Waals surface area contributed by atoms with Crippen LogP contribution < -0.4 is 5.32 Å². The summed E-state index contributed by atoms with van der Waals surface area (Å²) < 4.78 is 0. The maximum Gasteiger partial charge on any atom is 0.252 e. The van der Waals surface area contributed by atoms with E-state index in [-0.39, 0.29) is 5.91 Å². The van der Waals surface area contributed by atoms with Gasteiger partial charge in [-0.05, 0) is 18.2 Å². The monoisotopic (exact) mass is 213 g/mol. The molecule has 0 saturated heterocycles. The van der Waals surface area contributed by atoms with Crippen LogP contribution in [0.3, 0.4) is 0 Å². The van der Waals surface area contributed by atoms with Gasteiger partial charge < -0.3 is 5.32 Å². The van der Waals surface area contributed by atoms with E-state index in [0.29, 0.717) is 5.02 Å². The van der Waals surface area contributed by atoms with Crippen molar-refractivity contribution in [3.63, 3.8) is 0 Å². The van der Waals surface area contributed by atoms with Crippen molar-refractivity contribution in [1.82, 2.24) is 5.32 Å². The Morgan fingerprint density at radius 1 is 1.46 bits per heavy atom. The molecule has 1 aromatic rings. The highest BCUT2D eigenvalue weighted by Gasteiger charge is 2.14. The number of halogens is 1. The highest BCUT2D eigenvalue weighted by Crippen LogP contribution is 2.27. The average molecular weight is 214 g/mol. The molecule has 0 radical (unpaired) electrons. The fourth-order valence-corrected chi connectivity index (χ4v) is 2.41. The predicted octanol–water partition coefficient (Wildman–Crippen LogP) is 2.18. The summed E-state index contributed by atoms with van der Waals surface area (Å²) in [5, 5.41) is 3.50. The highest BCUT2D eigenvalue weighted by molar-refractivity contribution is 7.99. The van der Waals surface area contributed by atoms with Crippen molar-refractivity contribution in [3.05, 3.63) is 28.8 Å². The second kappa shape index (κ2) is 3.60. The molecule has 1 aliphatic rings. The van der Waals surface area contributed by atoms with Crippen molar-refractivity contribution < 1.29 is 4.79 Å². The van der Waals surface area contributed by atoms with Crippen molar-refractivity contribution in [2.75, 3.05) is 12.3 Å². The molecule has 0 aliphatic carbocycles. The van der Waals surface area contributed by atoms with Gasteiger partial charge in [-0.25, -0.2) is 0 Å². The number of carbonyl (C=O) groups excluding carboxylic acids is 1. The molecule has 0 aromatic heterocycles. The quantitative estimate of drug-likeness (QED) is 0.716. The third-order valence-electron chi connectivity index (χ3n) is 1.83. The molecule has 1 aliphatic heterocycles. The molecule has 0 spiro atoms. The molecule has 0 bridgehead atoms. The van der Waals surface area contributed by atoms with Crippen LogP contribution in [-0.4, -0.2) is 18.2 Å². The van der Waals surface area contributed by atoms with E-state index >= 15 is 0 Å². The van der Waals surface area contributed by atoms with E-state index in [9.17, 15) is 4.79 Å². The van der Waals surface area contributed by atoms with E-state index in [1.165, 1.54) is 0 Å². The van der Waals surface area contributed by atoms with Gasteiger partial charge in [0, 0.05) is 22.2 Å². The lowest BCUT2D eigenvalue weighted by atomic mass is 10.2. The van der Waals surface area contributed by atoms with Crippen molar-refractivity contribution >= 4 is 29.3 Å². The number of benzene rings is 1. The summed E-state index contributed by atoms with van der Waals surface area (Å²) in [7, 11) is 0. The number of carbonyl (C=O) groups is 1. The van der Waals surface area contributed by atoms with Gasteiger partial charge in [-0.2, -0.15) is 0 Å². The van der Waals surface area contributed by atoms with Crippen LogP contribution in [0.15, 0.2) is 23.1 Å². The molecule has 0 fully saturated rings. The van der Waals surface area contributed by atoms with Crippen molar-refractivity contribution in [2.45, 2.75) is 4.90 Å². The van der Waals surface area contributed by atoms with Gasteiger partial charge in [-0.3, -0.25) is 4.79 Å². The van der Waals surface area contributed by atoms with E-state index in [1.807, 2.05) is 6.07 Å².